The zero-order valence-electron chi connectivity index (χ0n) is 11.1. The molecule has 0 aliphatic heterocycles. The summed E-state index contributed by atoms with van der Waals surface area (Å²) in [7, 11) is 0. The second kappa shape index (κ2) is 6.60. The van der Waals surface area contributed by atoms with E-state index in [4.69, 9.17) is 0 Å². The number of anilines is 2. The van der Waals surface area contributed by atoms with E-state index in [-0.39, 0.29) is 17.2 Å². The molecule has 0 unspecified atom stereocenters. The van der Waals surface area contributed by atoms with E-state index in [1.54, 1.807) is 12.1 Å². The third-order valence-corrected chi connectivity index (χ3v) is 2.60. The van der Waals surface area contributed by atoms with Crippen LogP contribution in [0.1, 0.15) is 23.7 Å². The molecule has 6 heteroatoms. The number of nitrogens with one attached hydrogen (secondary N) is 2. The number of aromatic nitrogens is 2. The summed E-state index contributed by atoms with van der Waals surface area (Å²) < 4.78 is 13.8. The smallest absolute Gasteiger partial charge is 0.260 e. The highest BCUT2D eigenvalue weighted by Crippen LogP contribution is 2.20. The molecule has 0 aliphatic rings. The zero-order chi connectivity index (χ0) is 14.4. The van der Waals surface area contributed by atoms with Crippen LogP contribution >= 0.6 is 0 Å². The van der Waals surface area contributed by atoms with Crippen LogP contribution in [0, 0.1) is 5.82 Å². The van der Waals surface area contributed by atoms with E-state index in [1.165, 1.54) is 24.5 Å². The lowest BCUT2D eigenvalue weighted by molar-refractivity contribution is 0.102. The van der Waals surface area contributed by atoms with Gasteiger partial charge in [-0.15, -0.1) is 0 Å². The predicted octanol–water partition coefficient (Wildman–Crippen LogP) is 2.69. The quantitative estimate of drug-likeness (QED) is 0.879. The average molecular weight is 274 g/mol. The second-order valence-electron chi connectivity index (χ2n) is 4.12. The van der Waals surface area contributed by atoms with Crippen molar-refractivity contribution >= 4 is 17.5 Å². The van der Waals surface area contributed by atoms with Crippen molar-refractivity contribution in [3.8, 4) is 0 Å². The molecule has 1 amide bonds. The van der Waals surface area contributed by atoms with Crippen molar-refractivity contribution in [2.45, 2.75) is 13.3 Å². The van der Waals surface area contributed by atoms with E-state index in [0.717, 1.165) is 6.42 Å². The Balaban J connectivity index is 2.23. The number of carbonyl (C=O) groups excluding carboxylic acids is 1. The van der Waals surface area contributed by atoms with Gasteiger partial charge in [-0.25, -0.2) is 14.4 Å². The minimum Gasteiger partial charge on any atom is -0.382 e. The summed E-state index contributed by atoms with van der Waals surface area (Å²) in [5.41, 5.74) is 0.425. The van der Waals surface area contributed by atoms with Crippen molar-refractivity contribution in [3.05, 3.63) is 48.0 Å². The summed E-state index contributed by atoms with van der Waals surface area (Å²) >= 11 is 0. The molecule has 5 nitrogen and oxygen atoms in total. The van der Waals surface area contributed by atoms with Gasteiger partial charge in [0.25, 0.3) is 5.91 Å². The van der Waals surface area contributed by atoms with Crippen LogP contribution in [0.4, 0.5) is 16.0 Å². The van der Waals surface area contributed by atoms with Crippen LogP contribution in [-0.2, 0) is 0 Å². The van der Waals surface area contributed by atoms with E-state index in [9.17, 15) is 9.18 Å². The molecule has 0 aliphatic carbocycles. The van der Waals surface area contributed by atoms with Crippen molar-refractivity contribution in [3.63, 3.8) is 0 Å². The van der Waals surface area contributed by atoms with E-state index in [1.807, 2.05) is 6.92 Å². The molecule has 0 atom stereocenters. The maximum absolute atomic E-state index is 13.8. The van der Waals surface area contributed by atoms with Crippen molar-refractivity contribution in [1.82, 2.24) is 9.97 Å². The van der Waals surface area contributed by atoms with E-state index in [0.29, 0.717) is 6.54 Å². The molecule has 0 fully saturated rings. The van der Waals surface area contributed by atoms with Gasteiger partial charge >= 0.3 is 0 Å². The number of hydrogen-bond acceptors (Lipinski definition) is 4. The van der Waals surface area contributed by atoms with Crippen LogP contribution in [0.3, 0.4) is 0 Å². The molecule has 2 rings (SSSR count). The first-order chi connectivity index (χ1) is 9.72. The fourth-order valence-electron chi connectivity index (χ4n) is 1.68. The first kappa shape index (κ1) is 13.9. The Labute approximate surface area is 116 Å². The molecule has 2 aromatic rings. The van der Waals surface area contributed by atoms with Crippen molar-refractivity contribution in [1.29, 1.82) is 0 Å². The molecule has 1 aromatic heterocycles. The monoisotopic (exact) mass is 274 g/mol. The highest BCUT2D eigenvalue weighted by molar-refractivity contribution is 6.07. The molecular formula is C14H15FN4O. The number of hydrogen-bond donors (Lipinski definition) is 2. The Hall–Kier alpha value is -2.50. The number of benzene rings is 1. The van der Waals surface area contributed by atoms with Gasteiger partial charge in [0.15, 0.2) is 0 Å². The van der Waals surface area contributed by atoms with Crippen LogP contribution in [0.2, 0.25) is 0 Å². The largest absolute Gasteiger partial charge is 0.382 e. The van der Waals surface area contributed by atoms with Gasteiger partial charge in [-0.2, -0.15) is 0 Å². The Morgan fingerprint density at radius 1 is 1.25 bits per heavy atom. The molecule has 1 heterocycles. The SMILES string of the molecule is CCCNc1c(F)cccc1C(=O)Nc1ncccn1. The summed E-state index contributed by atoms with van der Waals surface area (Å²) in [5, 5.41) is 5.46. The molecule has 20 heavy (non-hydrogen) atoms. The number of para-hydroxylation sites is 1. The normalized spacial score (nSPS) is 10.1. The van der Waals surface area contributed by atoms with Crippen molar-refractivity contribution in [2.24, 2.45) is 0 Å². The molecular weight excluding hydrogens is 259 g/mol. The molecule has 0 bridgehead atoms. The van der Waals surface area contributed by atoms with Gasteiger partial charge in [-0.1, -0.05) is 13.0 Å². The van der Waals surface area contributed by atoms with Crippen molar-refractivity contribution < 1.29 is 9.18 Å². The zero-order valence-corrected chi connectivity index (χ0v) is 11.1. The summed E-state index contributed by atoms with van der Waals surface area (Å²) in [5.74, 6) is -0.724. The Bertz CT molecular complexity index is 589. The fraction of sp³-hybridized carbons (Fsp3) is 0.214. The minimum atomic E-state index is -0.458. The van der Waals surface area contributed by atoms with E-state index >= 15 is 0 Å². The van der Waals surface area contributed by atoms with Crippen molar-refractivity contribution in [2.75, 3.05) is 17.2 Å². The summed E-state index contributed by atoms with van der Waals surface area (Å²) in [4.78, 5) is 20.0. The number of halogens is 1. The number of rotatable bonds is 5. The highest BCUT2D eigenvalue weighted by Gasteiger charge is 2.15. The van der Waals surface area contributed by atoms with Gasteiger partial charge in [0.05, 0.1) is 11.3 Å². The predicted molar refractivity (Wildman–Crippen MR) is 75.2 cm³/mol. The number of nitrogens with zero attached hydrogens (tertiary/aromatic N) is 2. The minimum absolute atomic E-state index is 0.184. The Morgan fingerprint density at radius 2 is 2.00 bits per heavy atom. The third-order valence-electron chi connectivity index (χ3n) is 2.60. The molecule has 0 saturated carbocycles. The second-order valence-corrected chi connectivity index (χ2v) is 4.12. The molecule has 0 saturated heterocycles. The molecule has 0 spiro atoms. The van der Waals surface area contributed by atoms with E-state index in [2.05, 4.69) is 20.6 Å². The molecule has 104 valence electrons. The highest BCUT2D eigenvalue weighted by atomic mass is 19.1. The maximum atomic E-state index is 13.8. The van der Waals surface area contributed by atoms with Crippen LogP contribution < -0.4 is 10.6 Å². The van der Waals surface area contributed by atoms with Crippen LogP contribution in [0.5, 0.6) is 0 Å². The summed E-state index contributed by atoms with van der Waals surface area (Å²) in [6, 6.07) is 6.01. The van der Waals surface area contributed by atoms with Gasteiger partial charge in [0, 0.05) is 18.9 Å². The van der Waals surface area contributed by atoms with Gasteiger partial charge in [-0.3, -0.25) is 10.1 Å². The van der Waals surface area contributed by atoms with Crippen LogP contribution in [0.25, 0.3) is 0 Å². The van der Waals surface area contributed by atoms with E-state index < -0.39 is 11.7 Å². The maximum Gasteiger partial charge on any atom is 0.260 e. The van der Waals surface area contributed by atoms with Crippen LogP contribution in [0.15, 0.2) is 36.7 Å². The first-order valence-electron chi connectivity index (χ1n) is 6.33. The standard InChI is InChI=1S/C14H15FN4O/c1-2-7-16-12-10(5-3-6-11(12)15)13(20)19-14-17-8-4-9-18-14/h3-6,8-9,16H,2,7H2,1H3,(H,17,18,19,20). The van der Waals surface area contributed by atoms with Gasteiger partial charge in [0.2, 0.25) is 5.95 Å². The van der Waals surface area contributed by atoms with Crippen LogP contribution in [-0.4, -0.2) is 22.4 Å². The van der Waals surface area contributed by atoms with Gasteiger partial charge in [0.1, 0.15) is 5.82 Å². The Morgan fingerprint density at radius 3 is 2.70 bits per heavy atom. The number of amides is 1. The summed E-state index contributed by atoms with van der Waals surface area (Å²) in [6.45, 7) is 2.55. The van der Waals surface area contributed by atoms with Gasteiger partial charge < -0.3 is 5.32 Å². The lowest BCUT2D eigenvalue weighted by atomic mass is 10.1. The first-order valence-corrected chi connectivity index (χ1v) is 6.33. The Kier molecular flexibility index (Phi) is 4.60. The lowest BCUT2D eigenvalue weighted by Gasteiger charge is -2.12. The summed E-state index contributed by atoms with van der Waals surface area (Å²) in [6.07, 6.45) is 3.87. The average Bonchev–Trinajstić information content (AvgIpc) is 2.47. The lowest BCUT2D eigenvalue weighted by Crippen LogP contribution is -2.17. The van der Waals surface area contributed by atoms with Gasteiger partial charge in [-0.05, 0) is 24.6 Å². The third kappa shape index (κ3) is 3.28. The topological polar surface area (TPSA) is 66.9 Å². The molecule has 1 aromatic carbocycles. The molecule has 0 radical (unpaired) electrons. The number of carbonyl (C=O) groups is 1. The molecule has 2 N–H and O–H groups in total. The fourth-order valence-corrected chi connectivity index (χ4v) is 1.68.